The summed E-state index contributed by atoms with van der Waals surface area (Å²) in [6.45, 7) is 7.25. The minimum atomic E-state index is -1.12. The van der Waals surface area contributed by atoms with Gasteiger partial charge in [0.2, 0.25) is 5.91 Å². The first-order valence-corrected chi connectivity index (χ1v) is 18.2. The molecule has 2 heterocycles. The number of amides is 2. The Labute approximate surface area is 299 Å². The molecule has 7 heteroatoms. The van der Waals surface area contributed by atoms with Crippen molar-refractivity contribution in [2.45, 2.75) is 43.2 Å². The number of carbonyl (C=O) groups excluding carboxylic acids is 2. The summed E-state index contributed by atoms with van der Waals surface area (Å²) in [6.07, 6.45) is 0.493. The summed E-state index contributed by atoms with van der Waals surface area (Å²) in [5.74, 6) is 0.587. The molecule has 50 heavy (non-hydrogen) atoms. The molecule has 2 aliphatic rings. The summed E-state index contributed by atoms with van der Waals surface area (Å²) < 4.78 is 12.3. The Morgan fingerprint density at radius 1 is 0.800 bits per heavy atom. The average molecular weight is 683 g/mol. The molecule has 2 fully saturated rings. The molecule has 2 amide bonds. The van der Waals surface area contributed by atoms with Gasteiger partial charge >= 0.3 is 0 Å². The van der Waals surface area contributed by atoms with Gasteiger partial charge in [-0.15, -0.1) is 0 Å². The number of carbonyl (C=O) groups is 2. The molecule has 3 atom stereocenters. The number of hydrogen-bond donors (Lipinski definition) is 0. The minimum Gasteiger partial charge on any atom is -0.492 e. The van der Waals surface area contributed by atoms with Gasteiger partial charge in [-0.3, -0.25) is 19.4 Å². The molecule has 0 spiro atoms. The lowest BCUT2D eigenvalue weighted by atomic mass is 9.75. The van der Waals surface area contributed by atoms with Crippen LogP contribution in [-0.2, 0) is 21.5 Å². The highest BCUT2D eigenvalue weighted by molar-refractivity contribution is 8.15. The van der Waals surface area contributed by atoms with Crippen molar-refractivity contribution in [3.63, 3.8) is 0 Å². The molecule has 0 N–H and O–H groups in total. The third-order valence-corrected chi connectivity index (χ3v) is 10.8. The number of imide groups is 1. The van der Waals surface area contributed by atoms with E-state index in [0.29, 0.717) is 19.6 Å². The zero-order chi connectivity index (χ0) is 34.5. The summed E-state index contributed by atoms with van der Waals surface area (Å²) >= 11 is 1.11. The lowest BCUT2D eigenvalue weighted by molar-refractivity contribution is -0.129. The van der Waals surface area contributed by atoms with Crippen molar-refractivity contribution in [3.05, 3.63) is 173 Å². The topological polar surface area (TPSA) is 59.1 Å². The Balaban J connectivity index is 1.05. The van der Waals surface area contributed by atoms with E-state index in [1.807, 2.05) is 115 Å². The number of morpholine rings is 1. The maximum atomic E-state index is 14.5. The van der Waals surface area contributed by atoms with Gasteiger partial charge in [-0.25, -0.2) is 0 Å². The second kappa shape index (κ2) is 15.1. The van der Waals surface area contributed by atoms with Crippen LogP contribution in [0, 0.1) is 6.92 Å². The highest BCUT2D eigenvalue weighted by atomic mass is 32.2. The maximum absolute atomic E-state index is 14.5. The summed E-state index contributed by atoms with van der Waals surface area (Å²) in [7, 11) is 0. The quantitative estimate of drug-likeness (QED) is 0.130. The first-order chi connectivity index (χ1) is 24.4. The lowest BCUT2D eigenvalue weighted by Gasteiger charge is -2.42. The van der Waals surface area contributed by atoms with Crippen molar-refractivity contribution in [1.29, 1.82) is 0 Å². The van der Waals surface area contributed by atoms with Gasteiger partial charge in [-0.05, 0) is 60.2 Å². The summed E-state index contributed by atoms with van der Waals surface area (Å²) in [6, 6.07) is 46.3. The molecule has 2 aliphatic heterocycles. The molecule has 3 unspecified atom stereocenters. The number of ether oxygens (including phenoxy) is 2. The third-order valence-electron chi connectivity index (χ3n) is 9.80. The Morgan fingerprint density at radius 3 is 1.98 bits per heavy atom. The standard InChI is InChI=1S/C43H42N2O4S/c1-31-13-12-14-34(27-31)39-29-44(25-26-48-39)32(2)30-49-38-23-21-33(22-24-38)28-40-41(46)45(42(47)50-40)43(35-15-6-3-7-16-35,36-17-8-4-9-18-36)37-19-10-5-11-20-37/h3-24,27,32,39-40H,25-26,28-30H2,1-2H3. The molecule has 0 saturated carbocycles. The molecule has 254 valence electrons. The van der Waals surface area contributed by atoms with Crippen molar-refractivity contribution >= 4 is 22.9 Å². The largest absolute Gasteiger partial charge is 0.492 e. The Hall–Kier alpha value is -4.69. The average Bonchev–Trinajstić information content (AvgIpc) is 3.44. The minimum absolute atomic E-state index is 0.0580. The van der Waals surface area contributed by atoms with E-state index in [1.54, 1.807) is 0 Å². The molecule has 0 bridgehead atoms. The van der Waals surface area contributed by atoms with Gasteiger partial charge in [0.05, 0.1) is 18.0 Å². The highest BCUT2D eigenvalue weighted by Crippen LogP contribution is 2.47. The molecule has 0 radical (unpaired) electrons. The van der Waals surface area contributed by atoms with Crippen LogP contribution in [0.4, 0.5) is 4.79 Å². The predicted molar refractivity (Wildman–Crippen MR) is 199 cm³/mol. The number of benzene rings is 5. The smallest absolute Gasteiger partial charge is 0.290 e. The van der Waals surface area contributed by atoms with Crippen molar-refractivity contribution < 1.29 is 19.1 Å². The van der Waals surface area contributed by atoms with Crippen LogP contribution in [0.15, 0.2) is 140 Å². The Bertz CT molecular complexity index is 1810. The van der Waals surface area contributed by atoms with E-state index in [4.69, 9.17) is 9.47 Å². The summed E-state index contributed by atoms with van der Waals surface area (Å²) in [4.78, 5) is 32.4. The van der Waals surface area contributed by atoms with Gasteiger partial charge in [-0.2, -0.15) is 0 Å². The fourth-order valence-corrected chi connectivity index (χ4v) is 8.27. The van der Waals surface area contributed by atoms with Crippen LogP contribution in [0.1, 0.15) is 46.4 Å². The number of hydrogen-bond acceptors (Lipinski definition) is 6. The van der Waals surface area contributed by atoms with Crippen LogP contribution in [0.2, 0.25) is 0 Å². The molecule has 5 aromatic rings. The van der Waals surface area contributed by atoms with Crippen molar-refractivity contribution in [2.75, 3.05) is 26.3 Å². The first kappa shape index (κ1) is 33.8. The van der Waals surface area contributed by atoms with Crippen LogP contribution in [0.25, 0.3) is 0 Å². The van der Waals surface area contributed by atoms with Crippen molar-refractivity contribution in [1.82, 2.24) is 9.80 Å². The molecule has 2 saturated heterocycles. The zero-order valence-corrected chi connectivity index (χ0v) is 29.3. The lowest BCUT2D eigenvalue weighted by Crippen LogP contribution is -2.51. The van der Waals surface area contributed by atoms with E-state index in [2.05, 4.69) is 43.0 Å². The van der Waals surface area contributed by atoms with Crippen molar-refractivity contribution in [2.24, 2.45) is 0 Å². The molecule has 0 aliphatic carbocycles. The van der Waals surface area contributed by atoms with E-state index >= 15 is 0 Å². The van der Waals surface area contributed by atoms with Gasteiger partial charge in [0.25, 0.3) is 5.24 Å². The second-order valence-electron chi connectivity index (χ2n) is 13.1. The SMILES string of the molecule is Cc1cccc(C2CN(C(C)COc3ccc(CC4SC(=O)N(C(c5ccccc5)(c5ccccc5)c5ccccc5)C4=O)cc3)CCO2)c1. The molecule has 6 nitrogen and oxygen atoms in total. The molecule has 5 aromatic carbocycles. The fraction of sp³-hybridized carbons (Fsp3) is 0.256. The third kappa shape index (κ3) is 6.86. The summed E-state index contributed by atoms with van der Waals surface area (Å²) in [5.41, 5.74) is 4.89. The maximum Gasteiger partial charge on any atom is 0.290 e. The van der Waals surface area contributed by atoms with Crippen LogP contribution in [-0.4, -0.2) is 58.5 Å². The van der Waals surface area contributed by atoms with E-state index in [1.165, 1.54) is 16.0 Å². The van der Waals surface area contributed by atoms with E-state index in [-0.39, 0.29) is 23.3 Å². The number of aryl methyl sites for hydroxylation is 1. The van der Waals surface area contributed by atoms with Gasteiger partial charge in [0.1, 0.15) is 17.9 Å². The molecular weight excluding hydrogens is 641 g/mol. The Kier molecular flexibility index (Phi) is 10.2. The summed E-state index contributed by atoms with van der Waals surface area (Å²) in [5, 5.41) is -0.800. The van der Waals surface area contributed by atoms with Crippen LogP contribution >= 0.6 is 11.8 Å². The van der Waals surface area contributed by atoms with Gasteiger partial charge in [0.15, 0.2) is 0 Å². The fourth-order valence-electron chi connectivity index (χ4n) is 7.21. The number of nitrogens with zero attached hydrogens (tertiary/aromatic N) is 2. The van der Waals surface area contributed by atoms with Crippen LogP contribution < -0.4 is 4.74 Å². The van der Waals surface area contributed by atoms with Crippen LogP contribution in [0.3, 0.4) is 0 Å². The number of rotatable bonds is 11. The first-order valence-electron chi connectivity index (χ1n) is 17.3. The zero-order valence-electron chi connectivity index (χ0n) is 28.5. The predicted octanol–water partition coefficient (Wildman–Crippen LogP) is 8.43. The van der Waals surface area contributed by atoms with Gasteiger partial charge in [0, 0.05) is 19.1 Å². The van der Waals surface area contributed by atoms with Gasteiger partial charge < -0.3 is 9.47 Å². The normalized spacial score (nSPS) is 19.0. The molecular formula is C43H42N2O4S. The number of thioether (sulfide) groups is 1. The molecule has 0 aromatic heterocycles. The van der Waals surface area contributed by atoms with Crippen LogP contribution in [0.5, 0.6) is 5.75 Å². The molecule has 7 rings (SSSR count). The van der Waals surface area contributed by atoms with E-state index < -0.39 is 10.8 Å². The van der Waals surface area contributed by atoms with Gasteiger partial charge in [-0.1, -0.05) is 145 Å². The Morgan fingerprint density at radius 2 is 1.40 bits per heavy atom. The highest BCUT2D eigenvalue weighted by Gasteiger charge is 2.54. The monoisotopic (exact) mass is 682 g/mol. The van der Waals surface area contributed by atoms with E-state index in [0.717, 1.165) is 52.9 Å². The second-order valence-corrected chi connectivity index (χ2v) is 14.3. The van der Waals surface area contributed by atoms with E-state index in [9.17, 15) is 9.59 Å². The van der Waals surface area contributed by atoms with Crippen molar-refractivity contribution in [3.8, 4) is 5.75 Å².